The van der Waals surface area contributed by atoms with Gasteiger partial charge < -0.3 is 10.1 Å². The molecule has 0 bridgehead atoms. The molecular formula is C14H22N2O3S. The number of sulfonamides is 1. The summed E-state index contributed by atoms with van der Waals surface area (Å²) >= 11 is 0. The third-order valence-electron chi connectivity index (χ3n) is 3.47. The lowest BCUT2D eigenvalue weighted by molar-refractivity contribution is 0.135. The van der Waals surface area contributed by atoms with Crippen LogP contribution < -0.4 is 5.32 Å². The van der Waals surface area contributed by atoms with E-state index in [9.17, 15) is 8.42 Å². The molecule has 2 rings (SSSR count). The predicted octanol–water partition coefficient (Wildman–Crippen LogP) is 1.70. The Hall–Kier alpha value is -1.11. The van der Waals surface area contributed by atoms with E-state index in [1.807, 2.05) is 19.9 Å². The zero-order valence-electron chi connectivity index (χ0n) is 12.1. The van der Waals surface area contributed by atoms with Crippen LogP contribution in [0.1, 0.15) is 19.4 Å². The van der Waals surface area contributed by atoms with Gasteiger partial charge in [0.05, 0.1) is 11.5 Å². The molecule has 0 fully saturated rings. The number of hydrogen-bond donors (Lipinski definition) is 1. The molecule has 0 saturated carbocycles. The van der Waals surface area contributed by atoms with E-state index in [2.05, 4.69) is 5.32 Å². The Balaban J connectivity index is 2.19. The van der Waals surface area contributed by atoms with Crippen LogP contribution in [0, 0.1) is 0 Å². The number of rotatable bonds is 7. The first-order chi connectivity index (χ1) is 9.59. The van der Waals surface area contributed by atoms with Crippen LogP contribution >= 0.6 is 0 Å². The molecule has 0 aromatic heterocycles. The molecule has 1 aromatic rings. The summed E-state index contributed by atoms with van der Waals surface area (Å²) in [5, 5.41) is 3.24. The van der Waals surface area contributed by atoms with E-state index in [0.29, 0.717) is 31.2 Å². The Morgan fingerprint density at radius 2 is 2.15 bits per heavy atom. The van der Waals surface area contributed by atoms with Gasteiger partial charge in [0, 0.05) is 31.9 Å². The second-order valence-corrected chi connectivity index (χ2v) is 6.63. The standard InChI is InChI=1S/C14H22N2O3S/c1-3-16(9-10-19-4-2)20(17,18)13-5-6-14-12(11-13)7-8-15-14/h5-6,11,15H,3-4,7-10H2,1-2H3. The van der Waals surface area contributed by atoms with E-state index in [1.54, 1.807) is 12.1 Å². The topological polar surface area (TPSA) is 58.6 Å². The average molecular weight is 298 g/mol. The SMILES string of the molecule is CCOCCN(CC)S(=O)(=O)c1ccc2c(c1)CCN2. The predicted molar refractivity (Wildman–Crippen MR) is 79.6 cm³/mol. The first-order valence-corrected chi connectivity index (χ1v) is 8.48. The summed E-state index contributed by atoms with van der Waals surface area (Å²) in [6.45, 7) is 6.49. The lowest BCUT2D eigenvalue weighted by atomic mass is 10.2. The van der Waals surface area contributed by atoms with Gasteiger partial charge in [-0.1, -0.05) is 6.92 Å². The van der Waals surface area contributed by atoms with Crippen molar-refractivity contribution in [3.8, 4) is 0 Å². The molecule has 20 heavy (non-hydrogen) atoms. The number of ether oxygens (including phenoxy) is 1. The van der Waals surface area contributed by atoms with Crippen LogP contribution in [0.25, 0.3) is 0 Å². The van der Waals surface area contributed by atoms with E-state index >= 15 is 0 Å². The van der Waals surface area contributed by atoms with Gasteiger partial charge in [0.15, 0.2) is 0 Å². The van der Waals surface area contributed by atoms with E-state index in [-0.39, 0.29) is 0 Å². The van der Waals surface area contributed by atoms with Crippen LogP contribution in [0.4, 0.5) is 5.69 Å². The number of benzene rings is 1. The minimum Gasteiger partial charge on any atom is -0.384 e. The fourth-order valence-corrected chi connectivity index (χ4v) is 3.83. The van der Waals surface area contributed by atoms with Gasteiger partial charge in [-0.15, -0.1) is 0 Å². The summed E-state index contributed by atoms with van der Waals surface area (Å²) in [5.74, 6) is 0. The molecule has 0 spiro atoms. The molecule has 0 atom stereocenters. The van der Waals surface area contributed by atoms with Gasteiger partial charge >= 0.3 is 0 Å². The van der Waals surface area contributed by atoms with E-state index in [0.717, 1.165) is 24.2 Å². The highest BCUT2D eigenvalue weighted by atomic mass is 32.2. The van der Waals surface area contributed by atoms with Crippen molar-refractivity contribution in [2.75, 3.05) is 38.2 Å². The number of anilines is 1. The van der Waals surface area contributed by atoms with Crippen molar-refractivity contribution in [2.45, 2.75) is 25.2 Å². The lowest BCUT2D eigenvalue weighted by Gasteiger charge is -2.20. The first-order valence-electron chi connectivity index (χ1n) is 7.04. The molecule has 0 aliphatic carbocycles. The Morgan fingerprint density at radius 1 is 1.35 bits per heavy atom. The highest BCUT2D eigenvalue weighted by molar-refractivity contribution is 7.89. The quantitative estimate of drug-likeness (QED) is 0.779. The molecule has 1 aliphatic heterocycles. The van der Waals surface area contributed by atoms with E-state index in [4.69, 9.17) is 4.74 Å². The Bertz CT molecular complexity index is 558. The van der Waals surface area contributed by atoms with Crippen molar-refractivity contribution in [2.24, 2.45) is 0 Å². The maximum Gasteiger partial charge on any atom is 0.243 e. The number of likely N-dealkylation sites (N-methyl/N-ethyl adjacent to an activating group) is 1. The summed E-state index contributed by atoms with van der Waals surface area (Å²) in [4.78, 5) is 0.373. The maximum atomic E-state index is 12.6. The molecule has 0 amide bonds. The van der Waals surface area contributed by atoms with Crippen LogP contribution in [0.5, 0.6) is 0 Å². The number of fused-ring (bicyclic) bond motifs is 1. The van der Waals surface area contributed by atoms with Gasteiger partial charge in [-0.05, 0) is 37.1 Å². The Labute approximate surface area is 121 Å². The first kappa shape index (κ1) is 15.3. The summed E-state index contributed by atoms with van der Waals surface area (Å²) in [6.07, 6.45) is 0.879. The Morgan fingerprint density at radius 3 is 2.85 bits per heavy atom. The van der Waals surface area contributed by atoms with E-state index in [1.165, 1.54) is 4.31 Å². The normalized spacial score (nSPS) is 14.3. The van der Waals surface area contributed by atoms with Gasteiger partial charge in [-0.2, -0.15) is 4.31 Å². The van der Waals surface area contributed by atoms with Gasteiger partial charge in [0.1, 0.15) is 0 Å². The molecule has 0 saturated heterocycles. The largest absolute Gasteiger partial charge is 0.384 e. The second-order valence-electron chi connectivity index (χ2n) is 4.69. The summed E-state index contributed by atoms with van der Waals surface area (Å²) in [6, 6.07) is 5.31. The zero-order valence-corrected chi connectivity index (χ0v) is 12.9. The molecule has 1 N–H and O–H groups in total. The minimum absolute atomic E-state index is 0.373. The fraction of sp³-hybridized carbons (Fsp3) is 0.571. The Kier molecular flexibility index (Phi) is 5.01. The fourth-order valence-electron chi connectivity index (χ4n) is 2.35. The molecule has 112 valence electrons. The summed E-state index contributed by atoms with van der Waals surface area (Å²) < 4.78 is 31.9. The molecule has 0 radical (unpaired) electrons. The van der Waals surface area contributed by atoms with Crippen molar-refractivity contribution in [1.29, 1.82) is 0 Å². The molecule has 5 nitrogen and oxygen atoms in total. The van der Waals surface area contributed by atoms with Crippen molar-refractivity contribution < 1.29 is 13.2 Å². The van der Waals surface area contributed by atoms with Crippen molar-refractivity contribution in [3.05, 3.63) is 23.8 Å². The molecule has 1 aliphatic rings. The van der Waals surface area contributed by atoms with Gasteiger partial charge in [0.2, 0.25) is 10.0 Å². The summed E-state index contributed by atoms with van der Waals surface area (Å²) in [5.41, 5.74) is 2.12. The zero-order chi connectivity index (χ0) is 14.6. The molecule has 1 heterocycles. The number of nitrogens with zero attached hydrogens (tertiary/aromatic N) is 1. The third kappa shape index (κ3) is 3.13. The van der Waals surface area contributed by atoms with Gasteiger partial charge in [-0.25, -0.2) is 8.42 Å². The minimum atomic E-state index is -3.43. The number of nitrogens with one attached hydrogen (secondary N) is 1. The second kappa shape index (κ2) is 6.56. The van der Waals surface area contributed by atoms with Gasteiger partial charge in [0.25, 0.3) is 0 Å². The highest BCUT2D eigenvalue weighted by Gasteiger charge is 2.24. The third-order valence-corrected chi connectivity index (χ3v) is 5.44. The van der Waals surface area contributed by atoms with E-state index < -0.39 is 10.0 Å². The lowest BCUT2D eigenvalue weighted by Crippen LogP contribution is -2.34. The van der Waals surface area contributed by atoms with Crippen LogP contribution in [-0.4, -0.2) is 45.6 Å². The summed E-state index contributed by atoms with van der Waals surface area (Å²) in [7, 11) is -3.43. The molecule has 6 heteroatoms. The van der Waals surface area contributed by atoms with Crippen molar-refractivity contribution in [3.63, 3.8) is 0 Å². The maximum absolute atomic E-state index is 12.6. The van der Waals surface area contributed by atoms with Crippen LogP contribution in [0.2, 0.25) is 0 Å². The van der Waals surface area contributed by atoms with Gasteiger partial charge in [-0.3, -0.25) is 0 Å². The van der Waals surface area contributed by atoms with Crippen LogP contribution in [-0.2, 0) is 21.2 Å². The molecular weight excluding hydrogens is 276 g/mol. The highest BCUT2D eigenvalue weighted by Crippen LogP contribution is 2.26. The van der Waals surface area contributed by atoms with Crippen molar-refractivity contribution in [1.82, 2.24) is 4.31 Å². The monoisotopic (exact) mass is 298 g/mol. The van der Waals surface area contributed by atoms with Crippen molar-refractivity contribution >= 4 is 15.7 Å². The smallest absolute Gasteiger partial charge is 0.243 e. The van der Waals surface area contributed by atoms with Crippen LogP contribution in [0.3, 0.4) is 0 Å². The number of hydrogen-bond acceptors (Lipinski definition) is 4. The van der Waals surface area contributed by atoms with Crippen LogP contribution in [0.15, 0.2) is 23.1 Å². The average Bonchev–Trinajstić information content (AvgIpc) is 2.90. The molecule has 0 unspecified atom stereocenters. The molecule has 1 aromatic carbocycles.